The predicted octanol–water partition coefficient (Wildman–Crippen LogP) is 4.88. The summed E-state index contributed by atoms with van der Waals surface area (Å²) in [5.41, 5.74) is 5.80. The summed E-state index contributed by atoms with van der Waals surface area (Å²) in [7, 11) is 0. The van der Waals surface area contributed by atoms with Gasteiger partial charge in [0.1, 0.15) is 12.4 Å². The molecule has 0 bridgehead atoms. The molecular weight excluding hydrogens is 366 g/mol. The number of nitrogens with zero attached hydrogens (tertiary/aromatic N) is 1. The lowest BCUT2D eigenvalue weighted by Crippen LogP contribution is -2.37. The molecule has 1 saturated carbocycles. The topological polar surface area (TPSA) is 59.0 Å². The molecule has 0 aliphatic heterocycles. The van der Waals surface area contributed by atoms with Gasteiger partial charge in [0.05, 0.1) is 13.2 Å². The summed E-state index contributed by atoms with van der Waals surface area (Å²) in [5, 5.41) is 10.2. The summed E-state index contributed by atoms with van der Waals surface area (Å²) in [6, 6.07) is 16.5. The molecule has 4 rings (SSSR count). The van der Waals surface area contributed by atoms with Gasteiger partial charge in [0.15, 0.2) is 0 Å². The highest BCUT2D eigenvalue weighted by atomic mass is 16.6. The van der Waals surface area contributed by atoms with E-state index in [0.717, 1.165) is 18.4 Å². The highest BCUT2D eigenvalue weighted by Crippen LogP contribution is 2.44. The van der Waals surface area contributed by atoms with Crippen molar-refractivity contribution in [3.8, 4) is 11.1 Å². The maximum Gasteiger partial charge on any atom is 0.410 e. The summed E-state index contributed by atoms with van der Waals surface area (Å²) in [6.45, 7) is 3.77. The molecule has 1 N–H and O–H groups in total. The van der Waals surface area contributed by atoms with Crippen molar-refractivity contribution in [3.05, 3.63) is 71.0 Å². The minimum absolute atomic E-state index is 0.0236. The van der Waals surface area contributed by atoms with Crippen LogP contribution in [0.1, 0.15) is 36.8 Å². The Morgan fingerprint density at radius 2 is 1.69 bits per heavy atom. The molecule has 0 spiro atoms. The average Bonchev–Trinajstić information content (AvgIpc) is 3.55. The Labute approximate surface area is 171 Å². The van der Waals surface area contributed by atoms with Crippen molar-refractivity contribution in [2.75, 3.05) is 32.9 Å². The van der Waals surface area contributed by atoms with Crippen LogP contribution in [0, 0.1) is 0 Å². The molecule has 0 aromatic heterocycles. The largest absolute Gasteiger partial charge is 0.510 e. The fourth-order valence-electron chi connectivity index (χ4n) is 3.88. The van der Waals surface area contributed by atoms with Gasteiger partial charge in [0.2, 0.25) is 0 Å². The lowest BCUT2D eigenvalue weighted by atomic mass is 9.98. The Hall–Kier alpha value is -2.79. The lowest BCUT2D eigenvalue weighted by Gasteiger charge is -2.23. The zero-order valence-corrected chi connectivity index (χ0v) is 16.8. The first-order chi connectivity index (χ1) is 14.2. The van der Waals surface area contributed by atoms with Crippen LogP contribution in [0.2, 0.25) is 0 Å². The first-order valence-electron chi connectivity index (χ1n) is 10.3. The molecule has 152 valence electrons. The Morgan fingerprint density at radius 1 is 1.07 bits per heavy atom. The van der Waals surface area contributed by atoms with Crippen LogP contribution in [0.3, 0.4) is 0 Å². The highest BCUT2D eigenvalue weighted by molar-refractivity contribution is 5.79. The molecule has 2 aliphatic carbocycles. The van der Waals surface area contributed by atoms with Crippen LogP contribution in [0.15, 0.2) is 59.9 Å². The second kappa shape index (κ2) is 8.70. The maximum absolute atomic E-state index is 12.8. The van der Waals surface area contributed by atoms with Crippen molar-refractivity contribution in [1.29, 1.82) is 0 Å². The van der Waals surface area contributed by atoms with Gasteiger partial charge in [-0.3, -0.25) is 4.90 Å². The quantitative estimate of drug-likeness (QED) is 0.513. The van der Waals surface area contributed by atoms with Gasteiger partial charge in [-0.2, -0.15) is 0 Å². The molecule has 1 fully saturated rings. The first-order valence-corrected chi connectivity index (χ1v) is 10.3. The van der Waals surface area contributed by atoms with E-state index in [2.05, 4.69) is 24.3 Å². The van der Waals surface area contributed by atoms with E-state index in [-0.39, 0.29) is 24.8 Å². The van der Waals surface area contributed by atoms with E-state index in [1.54, 1.807) is 0 Å². The molecule has 0 saturated heterocycles. The van der Waals surface area contributed by atoms with E-state index < -0.39 is 6.09 Å². The highest BCUT2D eigenvalue weighted by Gasteiger charge is 2.30. The molecule has 0 unspecified atom stereocenters. The third-order valence-corrected chi connectivity index (χ3v) is 5.55. The number of carbonyl (C=O) groups is 1. The molecule has 5 heteroatoms. The number of aliphatic hydroxyl groups excluding tert-OH is 1. The van der Waals surface area contributed by atoms with Crippen LogP contribution in [-0.2, 0) is 9.47 Å². The van der Waals surface area contributed by atoms with Crippen LogP contribution in [0.25, 0.3) is 11.1 Å². The number of hydrogen-bond acceptors (Lipinski definition) is 4. The Bertz CT molecular complexity index is 869. The maximum atomic E-state index is 12.8. The third kappa shape index (κ3) is 4.30. The summed E-state index contributed by atoms with van der Waals surface area (Å²) in [6.07, 6.45) is 1.41. The number of aliphatic hydroxyl groups is 1. The van der Waals surface area contributed by atoms with Gasteiger partial charge in [0.25, 0.3) is 0 Å². The zero-order chi connectivity index (χ0) is 20.2. The van der Waals surface area contributed by atoms with Crippen molar-refractivity contribution in [2.45, 2.75) is 25.7 Å². The number of hydrogen-bond donors (Lipinski definition) is 1. The van der Waals surface area contributed by atoms with Gasteiger partial charge < -0.3 is 14.6 Å². The van der Waals surface area contributed by atoms with E-state index >= 15 is 0 Å². The molecular formula is C24H27NO4. The van der Waals surface area contributed by atoms with Crippen molar-refractivity contribution in [3.63, 3.8) is 0 Å². The summed E-state index contributed by atoms with van der Waals surface area (Å²) < 4.78 is 11.1. The number of amides is 1. The van der Waals surface area contributed by atoms with E-state index in [9.17, 15) is 9.90 Å². The number of benzene rings is 2. The third-order valence-electron chi connectivity index (χ3n) is 5.55. The molecule has 29 heavy (non-hydrogen) atoms. The van der Waals surface area contributed by atoms with Crippen molar-refractivity contribution < 1.29 is 19.4 Å². The standard InChI is InChI=1S/C24H27NO4/c1-2-28-14-13-25(15-23(26)17-11-12-17)24(27)29-16-22-20-9-5-3-7-18(20)19-8-4-6-10-21(19)22/h3-10,22,26H,2,11-16H2,1H3. The summed E-state index contributed by atoms with van der Waals surface area (Å²) in [5.74, 6) is 0.311. The lowest BCUT2D eigenvalue weighted by molar-refractivity contribution is 0.0762. The molecule has 0 radical (unpaired) electrons. The molecule has 0 heterocycles. The van der Waals surface area contributed by atoms with Crippen molar-refractivity contribution >= 4 is 6.09 Å². The van der Waals surface area contributed by atoms with E-state index in [4.69, 9.17) is 9.47 Å². The molecule has 2 aromatic carbocycles. The van der Waals surface area contributed by atoms with E-state index in [1.807, 2.05) is 31.2 Å². The van der Waals surface area contributed by atoms with Crippen molar-refractivity contribution in [2.24, 2.45) is 0 Å². The smallest absolute Gasteiger partial charge is 0.410 e. The molecule has 2 aromatic rings. The fourth-order valence-corrected chi connectivity index (χ4v) is 3.88. The van der Waals surface area contributed by atoms with Gasteiger partial charge >= 0.3 is 6.09 Å². The van der Waals surface area contributed by atoms with Crippen LogP contribution in [0.5, 0.6) is 0 Å². The van der Waals surface area contributed by atoms with E-state index in [1.165, 1.54) is 27.2 Å². The Kier molecular flexibility index (Phi) is 5.86. The monoisotopic (exact) mass is 393 g/mol. The van der Waals surface area contributed by atoms with Crippen LogP contribution >= 0.6 is 0 Å². The number of fused-ring (bicyclic) bond motifs is 3. The molecule has 5 nitrogen and oxygen atoms in total. The number of carbonyl (C=O) groups excluding carboxylic acids is 1. The molecule has 1 amide bonds. The zero-order valence-electron chi connectivity index (χ0n) is 16.8. The van der Waals surface area contributed by atoms with Gasteiger partial charge in [-0.25, -0.2) is 4.79 Å². The second-order valence-electron chi connectivity index (χ2n) is 7.47. The predicted molar refractivity (Wildman–Crippen MR) is 112 cm³/mol. The van der Waals surface area contributed by atoms with Crippen LogP contribution in [-0.4, -0.2) is 49.0 Å². The molecule has 2 aliphatic rings. The fraction of sp³-hybridized carbons (Fsp3) is 0.375. The average molecular weight is 393 g/mol. The Morgan fingerprint density at radius 3 is 2.28 bits per heavy atom. The van der Waals surface area contributed by atoms with Gasteiger partial charge in [0, 0.05) is 19.1 Å². The van der Waals surface area contributed by atoms with Crippen LogP contribution < -0.4 is 0 Å². The summed E-state index contributed by atoms with van der Waals surface area (Å²) >= 11 is 0. The minimum atomic E-state index is -0.417. The normalized spacial score (nSPS) is 14.3. The first kappa shape index (κ1) is 19.5. The minimum Gasteiger partial charge on any atom is -0.510 e. The number of ether oxygens (including phenoxy) is 2. The number of allylic oxidation sites excluding steroid dienone is 1. The van der Waals surface area contributed by atoms with E-state index in [0.29, 0.717) is 19.8 Å². The van der Waals surface area contributed by atoms with Gasteiger partial charge in [-0.15, -0.1) is 0 Å². The molecule has 0 atom stereocenters. The van der Waals surface area contributed by atoms with Gasteiger partial charge in [-0.1, -0.05) is 48.5 Å². The second-order valence-corrected chi connectivity index (χ2v) is 7.47. The van der Waals surface area contributed by atoms with Gasteiger partial charge in [-0.05, 0) is 47.6 Å². The SMILES string of the molecule is CCOCCN(CC(O)=C1CC1)C(=O)OCC1c2ccccc2-c2ccccc21. The van der Waals surface area contributed by atoms with Crippen LogP contribution in [0.4, 0.5) is 4.79 Å². The Balaban J connectivity index is 1.46. The van der Waals surface area contributed by atoms with Crippen molar-refractivity contribution in [1.82, 2.24) is 4.90 Å². The summed E-state index contributed by atoms with van der Waals surface area (Å²) in [4.78, 5) is 14.3. The number of rotatable bonds is 8.